The highest BCUT2D eigenvalue weighted by atomic mass is 35.5. The van der Waals surface area contributed by atoms with Gasteiger partial charge in [-0.15, -0.1) is 11.3 Å². The molecular weight excluding hydrogens is 308 g/mol. The lowest BCUT2D eigenvalue weighted by atomic mass is 10.2. The summed E-state index contributed by atoms with van der Waals surface area (Å²) < 4.78 is 0. The van der Waals surface area contributed by atoms with E-state index in [-0.39, 0.29) is 5.91 Å². The summed E-state index contributed by atoms with van der Waals surface area (Å²) in [4.78, 5) is 21.6. The number of hydrogen-bond donors (Lipinski definition) is 2. The SMILES string of the molecule is CCCNc1cc(C(=O)NCc2scnc2C)c(Cl)cn1. The summed E-state index contributed by atoms with van der Waals surface area (Å²) in [7, 11) is 0. The first kappa shape index (κ1) is 15.7. The molecule has 1 amide bonds. The quantitative estimate of drug-likeness (QED) is 0.856. The number of nitrogens with one attached hydrogen (secondary N) is 2. The average molecular weight is 325 g/mol. The van der Waals surface area contributed by atoms with Gasteiger partial charge >= 0.3 is 0 Å². The third-order valence-electron chi connectivity index (χ3n) is 2.91. The Hall–Kier alpha value is -1.66. The van der Waals surface area contributed by atoms with E-state index in [1.165, 1.54) is 17.5 Å². The Balaban J connectivity index is 2.05. The van der Waals surface area contributed by atoms with Crippen LogP contribution in [-0.2, 0) is 6.54 Å². The molecule has 5 nitrogen and oxygen atoms in total. The van der Waals surface area contributed by atoms with Crippen LogP contribution in [0.2, 0.25) is 5.02 Å². The number of rotatable bonds is 6. The van der Waals surface area contributed by atoms with Gasteiger partial charge in [0.1, 0.15) is 5.82 Å². The van der Waals surface area contributed by atoms with Gasteiger partial charge in [-0.05, 0) is 19.4 Å². The summed E-state index contributed by atoms with van der Waals surface area (Å²) in [6.07, 6.45) is 2.48. The summed E-state index contributed by atoms with van der Waals surface area (Å²) in [6.45, 7) is 5.24. The maximum atomic E-state index is 12.2. The Morgan fingerprint density at radius 3 is 2.90 bits per heavy atom. The summed E-state index contributed by atoms with van der Waals surface area (Å²) >= 11 is 7.58. The number of hydrogen-bond acceptors (Lipinski definition) is 5. The second-order valence-electron chi connectivity index (χ2n) is 4.52. The number of pyridine rings is 1. The normalized spacial score (nSPS) is 10.4. The fourth-order valence-electron chi connectivity index (χ4n) is 1.71. The number of nitrogens with zero attached hydrogens (tertiary/aromatic N) is 2. The van der Waals surface area contributed by atoms with E-state index in [2.05, 4.69) is 27.5 Å². The largest absolute Gasteiger partial charge is 0.370 e. The van der Waals surface area contributed by atoms with Crippen molar-refractivity contribution in [1.29, 1.82) is 0 Å². The van der Waals surface area contributed by atoms with Crippen LogP contribution in [0.1, 0.15) is 34.3 Å². The number of amides is 1. The van der Waals surface area contributed by atoms with Crippen molar-refractivity contribution in [3.05, 3.63) is 38.9 Å². The molecule has 0 saturated heterocycles. The lowest BCUT2D eigenvalue weighted by molar-refractivity contribution is 0.0951. The minimum absolute atomic E-state index is 0.213. The van der Waals surface area contributed by atoms with Gasteiger partial charge in [-0.3, -0.25) is 4.79 Å². The predicted octanol–water partition coefficient (Wildman–Crippen LogP) is 3.25. The van der Waals surface area contributed by atoms with Crippen molar-refractivity contribution >= 4 is 34.7 Å². The minimum atomic E-state index is -0.213. The van der Waals surface area contributed by atoms with Crippen molar-refractivity contribution in [1.82, 2.24) is 15.3 Å². The second kappa shape index (κ2) is 7.38. The Morgan fingerprint density at radius 1 is 1.43 bits per heavy atom. The van der Waals surface area contributed by atoms with Crippen molar-refractivity contribution in [3.8, 4) is 0 Å². The van der Waals surface area contributed by atoms with Crippen LogP contribution in [-0.4, -0.2) is 22.4 Å². The fraction of sp³-hybridized carbons (Fsp3) is 0.357. The lowest BCUT2D eigenvalue weighted by Gasteiger charge is -2.09. The lowest BCUT2D eigenvalue weighted by Crippen LogP contribution is -2.23. The van der Waals surface area contributed by atoms with Gasteiger partial charge in [-0.2, -0.15) is 0 Å². The molecule has 0 atom stereocenters. The van der Waals surface area contributed by atoms with Crippen molar-refractivity contribution in [3.63, 3.8) is 0 Å². The first-order valence-electron chi connectivity index (χ1n) is 6.68. The van der Waals surface area contributed by atoms with Crippen LogP contribution in [0.5, 0.6) is 0 Å². The van der Waals surface area contributed by atoms with E-state index in [1.54, 1.807) is 11.6 Å². The van der Waals surface area contributed by atoms with Gasteiger partial charge in [-0.1, -0.05) is 18.5 Å². The van der Waals surface area contributed by atoms with Gasteiger partial charge in [0.05, 0.1) is 28.3 Å². The van der Waals surface area contributed by atoms with E-state index in [0.717, 1.165) is 23.5 Å². The molecule has 0 saturated carbocycles. The summed E-state index contributed by atoms with van der Waals surface area (Å²) in [5.74, 6) is 0.440. The third kappa shape index (κ3) is 4.15. The van der Waals surface area contributed by atoms with Crippen LogP contribution < -0.4 is 10.6 Å². The smallest absolute Gasteiger partial charge is 0.253 e. The molecular formula is C14H17ClN4OS. The maximum absolute atomic E-state index is 12.2. The van der Waals surface area contributed by atoms with Gasteiger partial charge in [0.2, 0.25) is 0 Å². The highest BCUT2D eigenvalue weighted by Crippen LogP contribution is 2.18. The number of aromatic nitrogens is 2. The zero-order chi connectivity index (χ0) is 15.2. The topological polar surface area (TPSA) is 66.9 Å². The Kier molecular flexibility index (Phi) is 5.52. The third-order valence-corrected chi connectivity index (χ3v) is 4.15. The van der Waals surface area contributed by atoms with Crippen molar-refractivity contribution in [2.45, 2.75) is 26.8 Å². The number of halogens is 1. The molecule has 7 heteroatoms. The zero-order valence-electron chi connectivity index (χ0n) is 11.9. The molecule has 0 fully saturated rings. The Bertz CT molecular complexity index is 629. The fourth-order valence-corrected chi connectivity index (χ4v) is 2.62. The van der Waals surface area contributed by atoms with Crippen LogP contribution in [0.15, 0.2) is 17.8 Å². The number of carbonyl (C=O) groups excluding carboxylic acids is 1. The van der Waals surface area contributed by atoms with Crippen LogP contribution in [0.3, 0.4) is 0 Å². The number of thiazole rings is 1. The van der Waals surface area contributed by atoms with E-state index >= 15 is 0 Å². The molecule has 112 valence electrons. The summed E-state index contributed by atoms with van der Waals surface area (Å²) in [5.41, 5.74) is 3.13. The van der Waals surface area contributed by atoms with E-state index < -0.39 is 0 Å². The van der Waals surface area contributed by atoms with Crippen molar-refractivity contribution in [2.75, 3.05) is 11.9 Å². The molecule has 0 aromatic carbocycles. The maximum Gasteiger partial charge on any atom is 0.253 e. The number of anilines is 1. The summed E-state index contributed by atoms with van der Waals surface area (Å²) in [5, 5.41) is 6.34. The van der Waals surface area contributed by atoms with Gasteiger partial charge < -0.3 is 10.6 Å². The monoisotopic (exact) mass is 324 g/mol. The standard InChI is InChI=1S/C14H17ClN4OS/c1-3-4-16-13-5-10(11(15)6-17-13)14(20)18-7-12-9(2)19-8-21-12/h5-6,8H,3-4,7H2,1-2H3,(H,16,17)(H,18,20). The molecule has 21 heavy (non-hydrogen) atoms. The summed E-state index contributed by atoms with van der Waals surface area (Å²) in [6, 6.07) is 1.67. The molecule has 0 spiro atoms. The first-order chi connectivity index (χ1) is 10.1. The average Bonchev–Trinajstić information content (AvgIpc) is 2.89. The second-order valence-corrected chi connectivity index (χ2v) is 5.87. The van der Waals surface area contributed by atoms with E-state index in [9.17, 15) is 4.79 Å². The molecule has 0 unspecified atom stereocenters. The van der Waals surface area contributed by atoms with Crippen molar-refractivity contribution in [2.24, 2.45) is 0 Å². The zero-order valence-corrected chi connectivity index (χ0v) is 13.5. The predicted molar refractivity (Wildman–Crippen MR) is 86.0 cm³/mol. The minimum Gasteiger partial charge on any atom is -0.370 e. The molecule has 0 radical (unpaired) electrons. The van der Waals surface area contributed by atoms with Crippen LogP contribution in [0.25, 0.3) is 0 Å². The molecule has 2 aromatic heterocycles. The van der Waals surface area contributed by atoms with Gasteiger partial charge in [0, 0.05) is 17.6 Å². The number of carbonyl (C=O) groups is 1. The van der Waals surface area contributed by atoms with Crippen molar-refractivity contribution < 1.29 is 4.79 Å². The molecule has 0 aliphatic rings. The highest BCUT2D eigenvalue weighted by molar-refractivity contribution is 7.09. The van der Waals surface area contributed by atoms with Gasteiger partial charge in [0.15, 0.2) is 0 Å². The molecule has 2 N–H and O–H groups in total. The molecule has 2 rings (SSSR count). The molecule has 0 bridgehead atoms. The van der Waals surface area contributed by atoms with E-state index in [4.69, 9.17) is 11.6 Å². The highest BCUT2D eigenvalue weighted by Gasteiger charge is 2.13. The molecule has 0 aliphatic carbocycles. The van der Waals surface area contributed by atoms with E-state index in [0.29, 0.717) is 22.9 Å². The molecule has 2 heterocycles. The van der Waals surface area contributed by atoms with Gasteiger partial charge in [-0.25, -0.2) is 9.97 Å². The van der Waals surface area contributed by atoms with Crippen LogP contribution >= 0.6 is 22.9 Å². The van der Waals surface area contributed by atoms with Crippen LogP contribution in [0, 0.1) is 6.92 Å². The van der Waals surface area contributed by atoms with Gasteiger partial charge in [0.25, 0.3) is 5.91 Å². The van der Waals surface area contributed by atoms with Crippen LogP contribution in [0.4, 0.5) is 5.82 Å². The first-order valence-corrected chi connectivity index (χ1v) is 7.94. The molecule has 2 aromatic rings. The number of aryl methyl sites for hydroxylation is 1. The van der Waals surface area contributed by atoms with E-state index in [1.807, 2.05) is 6.92 Å². The Labute approximate surface area is 132 Å². The Morgan fingerprint density at radius 2 is 2.24 bits per heavy atom. The molecule has 0 aliphatic heterocycles.